The zero-order valence-corrected chi connectivity index (χ0v) is 15.2. The van der Waals surface area contributed by atoms with E-state index in [1.807, 2.05) is 48.5 Å². The Bertz CT molecular complexity index is 635. The van der Waals surface area contributed by atoms with E-state index in [2.05, 4.69) is 10.6 Å². The lowest BCUT2D eigenvalue weighted by Gasteiger charge is -2.11. The molecule has 23 heavy (non-hydrogen) atoms. The van der Waals surface area contributed by atoms with Gasteiger partial charge in [0.05, 0.1) is 7.11 Å². The summed E-state index contributed by atoms with van der Waals surface area (Å²) >= 11 is 12.9. The maximum Gasteiger partial charge on any atom is 0.166 e. The van der Waals surface area contributed by atoms with Gasteiger partial charge in [0, 0.05) is 28.8 Å². The molecule has 0 aromatic heterocycles. The molecule has 0 radical (unpaired) electrons. The van der Waals surface area contributed by atoms with Gasteiger partial charge in [0.2, 0.25) is 0 Å². The molecule has 0 heterocycles. The monoisotopic (exact) mass is 366 g/mol. The molecule has 0 saturated carbocycles. The molecule has 0 amide bonds. The number of nitrogens with one attached hydrogen (secondary N) is 2. The zero-order chi connectivity index (χ0) is 16.5. The zero-order valence-electron chi connectivity index (χ0n) is 12.8. The Hall–Kier alpha value is -1.43. The van der Waals surface area contributed by atoms with E-state index in [4.69, 9.17) is 28.6 Å². The summed E-state index contributed by atoms with van der Waals surface area (Å²) in [6.45, 7) is 1.48. The van der Waals surface area contributed by atoms with Gasteiger partial charge in [-0.15, -0.1) is 11.8 Å². The van der Waals surface area contributed by atoms with Crippen LogP contribution in [0.2, 0.25) is 5.02 Å². The third-order valence-electron chi connectivity index (χ3n) is 3.06. The van der Waals surface area contributed by atoms with Gasteiger partial charge in [-0.1, -0.05) is 23.7 Å². The van der Waals surface area contributed by atoms with E-state index >= 15 is 0 Å². The van der Waals surface area contributed by atoms with E-state index in [0.717, 1.165) is 28.6 Å². The molecule has 0 aliphatic carbocycles. The minimum absolute atomic E-state index is 0.657. The predicted octanol–water partition coefficient (Wildman–Crippen LogP) is 4.11. The van der Waals surface area contributed by atoms with E-state index in [1.165, 1.54) is 4.90 Å². The Kier molecular flexibility index (Phi) is 7.52. The minimum Gasteiger partial charge on any atom is -0.497 e. The number of halogens is 1. The van der Waals surface area contributed by atoms with Crippen LogP contribution in [-0.4, -0.2) is 24.5 Å². The van der Waals surface area contributed by atoms with E-state index in [0.29, 0.717) is 11.7 Å². The van der Waals surface area contributed by atoms with Crippen molar-refractivity contribution in [1.82, 2.24) is 10.6 Å². The third kappa shape index (κ3) is 6.69. The number of methoxy groups -OCH3 is 1. The van der Waals surface area contributed by atoms with E-state index in [1.54, 1.807) is 18.9 Å². The highest BCUT2D eigenvalue weighted by atomic mass is 35.5. The fourth-order valence-electron chi connectivity index (χ4n) is 1.89. The van der Waals surface area contributed by atoms with Gasteiger partial charge in [-0.3, -0.25) is 0 Å². The fourth-order valence-corrected chi connectivity index (χ4v) is 2.96. The van der Waals surface area contributed by atoms with Crippen LogP contribution in [0.25, 0.3) is 0 Å². The number of hydrogen-bond acceptors (Lipinski definition) is 3. The SMILES string of the molecule is COc1cccc(CNC(=S)NCCSc2ccc(Cl)cc2)c1. The summed E-state index contributed by atoms with van der Waals surface area (Å²) in [5.74, 6) is 1.78. The van der Waals surface area contributed by atoms with Crippen molar-refractivity contribution in [3.63, 3.8) is 0 Å². The van der Waals surface area contributed by atoms with Gasteiger partial charge in [-0.05, 0) is 54.2 Å². The number of ether oxygens (including phenoxy) is 1. The highest BCUT2D eigenvalue weighted by Crippen LogP contribution is 2.19. The topological polar surface area (TPSA) is 33.3 Å². The molecule has 2 aromatic rings. The Morgan fingerprint density at radius 3 is 2.70 bits per heavy atom. The number of thioether (sulfide) groups is 1. The molecule has 0 spiro atoms. The summed E-state index contributed by atoms with van der Waals surface area (Å²) in [6.07, 6.45) is 0. The molecule has 2 N–H and O–H groups in total. The van der Waals surface area contributed by atoms with Crippen LogP contribution < -0.4 is 15.4 Å². The molecular formula is C17H19ClN2OS2. The van der Waals surface area contributed by atoms with Crippen molar-refractivity contribution in [1.29, 1.82) is 0 Å². The summed E-state index contributed by atoms with van der Waals surface area (Å²) in [4.78, 5) is 1.20. The lowest BCUT2D eigenvalue weighted by atomic mass is 10.2. The first-order chi connectivity index (χ1) is 11.2. The molecule has 0 fully saturated rings. The van der Waals surface area contributed by atoms with Crippen LogP contribution in [0.5, 0.6) is 5.75 Å². The van der Waals surface area contributed by atoms with Crippen molar-refractivity contribution in [3.8, 4) is 5.75 Å². The van der Waals surface area contributed by atoms with Crippen molar-refractivity contribution in [3.05, 3.63) is 59.1 Å². The molecule has 0 saturated heterocycles. The van der Waals surface area contributed by atoms with Crippen LogP contribution in [0.3, 0.4) is 0 Å². The first-order valence-electron chi connectivity index (χ1n) is 7.20. The average molecular weight is 367 g/mol. The Morgan fingerprint density at radius 2 is 1.96 bits per heavy atom. The van der Waals surface area contributed by atoms with Gasteiger partial charge < -0.3 is 15.4 Å². The predicted molar refractivity (Wildman–Crippen MR) is 103 cm³/mol. The molecule has 0 unspecified atom stereocenters. The average Bonchev–Trinajstić information content (AvgIpc) is 2.58. The second kappa shape index (κ2) is 9.65. The Balaban J connectivity index is 1.64. The van der Waals surface area contributed by atoms with E-state index < -0.39 is 0 Å². The Morgan fingerprint density at radius 1 is 1.17 bits per heavy atom. The van der Waals surface area contributed by atoms with Gasteiger partial charge in [0.25, 0.3) is 0 Å². The van der Waals surface area contributed by atoms with Gasteiger partial charge in [-0.25, -0.2) is 0 Å². The normalized spacial score (nSPS) is 10.2. The smallest absolute Gasteiger partial charge is 0.166 e. The third-order valence-corrected chi connectivity index (χ3v) is 4.61. The molecular weight excluding hydrogens is 348 g/mol. The summed E-state index contributed by atoms with van der Waals surface area (Å²) in [6, 6.07) is 15.8. The maximum atomic E-state index is 5.86. The van der Waals surface area contributed by atoms with Gasteiger partial charge in [0.1, 0.15) is 5.75 Å². The van der Waals surface area contributed by atoms with Crippen molar-refractivity contribution in [2.75, 3.05) is 19.4 Å². The lowest BCUT2D eigenvalue weighted by molar-refractivity contribution is 0.414. The quantitative estimate of drug-likeness (QED) is 0.438. The standard InChI is InChI=1S/C17H19ClN2OS2/c1-21-15-4-2-3-13(11-15)12-20-17(22)19-9-10-23-16-7-5-14(18)6-8-16/h2-8,11H,9-10,12H2,1H3,(H2,19,20,22). The molecule has 0 atom stereocenters. The summed E-state index contributed by atoms with van der Waals surface area (Å²) in [5, 5.41) is 7.82. The molecule has 2 rings (SSSR count). The second-order valence-corrected chi connectivity index (χ2v) is 6.78. The van der Waals surface area contributed by atoms with Crippen LogP contribution in [-0.2, 0) is 6.54 Å². The van der Waals surface area contributed by atoms with Crippen molar-refractivity contribution in [2.24, 2.45) is 0 Å². The largest absolute Gasteiger partial charge is 0.497 e. The number of hydrogen-bond donors (Lipinski definition) is 2. The van der Waals surface area contributed by atoms with E-state index in [-0.39, 0.29) is 0 Å². The molecule has 3 nitrogen and oxygen atoms in total. The molecule has 122 valence electrons. The van der Waals surface area contributed by atoms with Crippen molar-refractivity contribution < 1.29 is 4.74 Å². The Labute approximate surface area is 151 Å². The van der Waals surface area contributed by atoms with Crippen LogP contribution in [0.4, 0.5) is 0 Å². The van der Waals surface area contributed by atoms with E-state index in [9.17, 15) is 0 Å². The fraction of sp³-hybridized carbons (Fsp3) is 0.235. The van der Waals surface area contributed by atoms with Gasteiger partial charge in [-0.2, -0.15) is 0 Å². The number of rotatable bonds is 7. The van der Waals surface area contributed by atoms with Gasteiger partial charge >= 0.3 is 0 Å². The second-order valence-electron chi connectivity index (χ2n) is 4.76. The maximum absolute atomic E-state index is 5.86. The minimum atomic E-state index is 0.657. The number of benzene rings is 2. The summed E-state index contributed by atoms with van der Waals surface area (Å²) in [7, 11) is 1.66. The molecule has 0 bridgehead atoms. The number of thiocarbonyl (C=S) groups is 1. The molecule has 2 aromatic carbocycles. The van der Waals surface area contributed by atoms with Crippen molar-refractivity contribution in [2.45, 2.75) is 11.4 Å². The molecule has 0 aliphatic heterocycles. The van der Waals surface area contributed by atoms with Crippen LogP contribution in [0, 0.1) is 0 Å². The molecule has 6 heteroatoms. The first kappa shape index (κ1) is 17.9. The van der Waals surface area contributed by atoms with Crippen LogP contribution >= 0.6 is 35.6 Å². The van der Waals surface area contributed by atoms with Gasteiger partial charge in [0.15, 0.2) is 5.11 Å². The first-order valence-corrected chi connectivity index (χ1v) is 8.97. The molecule has 0 aliphatic rings. The summed E-state index contributed by atoms with van der Waals surface area (Å²) < 4.78 is 5.20. The highest BCUT2D eigenvalue weighted by Gasteiger charge is 1.99. The van der Waals surface area contributed by atoms with Crippen LogP contribution in [0.1, 0.15) is 5.56 Å². The van der Waals surface area contributed by atoms with Crippen molar-refractivity contribution >= 4 is 40.7 Å². The van der Waals surface area contributed by atoms with Crippen LogP contribution in [0.15, 0.2) is 53.4 Å². The highest BCUT2D eigenvalue weighted by molar-refractivity contribution is 7.99. The summed E-state index contributed by atoms with van der Waals surface area (Å²) in [5.41, 5.74) is 1.13. The lowest BCUT2D eigenvalue weighted by Crippen LogP contribution is -2.35.